The third-order valence-corrected chi connectivity index (χ3v) is 5.46. The Morgan fingerprint density at radius 1 is 1.11 bits per heavy atom. The lowest BCUT2D eigenvalue weighted by molar-refractivity contribution is -0.386. The lowest BCUT2D eigenvalue weighted by Gasteiger charge is -2.30. The molecule has 4 rings (SSSR count). The zero-order valence-corrected chi connectivity index (χ0v) is 15.3. The van der Waals surface area contributed by atoms with Crippen LogP contribution in [-0.2, 0) is 0 Å². The van der Waals surface area contributed by atoms with Crippen LogP contribution in [0.2, 0.25) is 0 Å². The van der Waals surface area contributed by atoms with Crippen molar-refractivity contribution in [1.82, 2.24) is 4.90 Å². The van der Waals surface area contributed by atoms with Gasteiger partial charge in [0, 0.05) is 38.0 Å². The molecule has 1 unspecified atom stereocenters. The second kappa shape index (κ2) is 7.56. The summed E-state index contributed by atoms with van der Waals surface area (Å²) in [6.45, 7) is 3.16. The van der Waals surface area contributed by atoms with Crippen molar-refractivity contribution in [2.75, 3.05) is 26.2 Å². The second-order valence-electron chi connectivity index (χ2n) is 7.35. The van der Waals surface area contributed by atoms with Crippen LogP contribution in [0.3, 0.4) is 0 Å². The summed E-state index contributed by atoms with van der Waals surface area (Å²) in [7, 11) is 0. The predicted molar refractivity (Wildman–Crippen MR) is 102 cm³/mol. The van der Waals surface area contributed by atoms with E-state index in [9.17, 15) is 10.1 Å². The van der Waals surface area contributed by atoms with Gasteiger partial charge in [-0.2, -0.15) is 0 Å². The minimum atomic E-state index is -0.365. The monoisotopic (exact) mass is 368 g/mol. The molecule has 0 spiro atoms. The Bertz CT molecular complexity index is 794. The number of hydrogen-bond donors (Lipinski definition) is 0. The molecule has 2 aliphatic rings. The molecule has 1 atom stereocenters. The highest BCUT2D eigenvalue weighted by Gasteiger charge is 2.52. The SMILES string of the molecule is O=[N+]([O-])c1ccccc1OC1(C2CC2)CCN(CCOc2ccccc2)C1. The van der Waals surface area contributed by atoms with E-state index in [1.54, 1.807) is 18.2 Å². The van der Waals surface area contributed by atoms with Gasteiger partial charge in [0.25, 0.3) is 0 Å². The summed E-state index contributed by atoms with van der Waals surface area (Å²) >= 11 is 0. The zero-order valence-electron chi connectivity index (χ0n) is 15.3. The van der Waals surface area contributed by atoms with Gasteiger partial charge in [0.05, 0.1) is 4.92 Å². The van der Waals surface area contributed by atoms with Crippen LogP contribution in [0.15, 0.2) is 54.6 Å². The first-order valence-corrected chi connectivity index (χ1v) is 9.49. The molecule has 6 heteroatoms. The van der Waals surface area contributed by atoms with Crippen molar-refractivity contribution in [3.8, 4) is 11.5 Å². The van der Waals surface area contributed by atoms with Gasteiger partial charge in [0.15, 0.2) is 5.75 Å². The number of nitrogens with zero attached hydrogens (tertiary/aromatic N) is 2. The van der Waals surface area contributed by atoms with Gasteiger partial charge in [-0.15, -0.1) is 0 Å². The molecule has 0 radical (unpaired) electrons. The van der Waals surface area contributed by atoms with Crippen molar-refractivity contribution in [1.29, 1.82) is 0 Å². The molecule has 0 aromatic heterocycles. The van der Waals surface area contributed by atoms with Crippen molar-refractivity contribution in [3.63, 3.8) is 0 Å². The number of ether oxygens (including phenoxy) is 2. The van der Waals surface area contributed by atoms with Crippen LogP contribution in [0.4, 0.5) is 5.69 Å². The Kier molecular flexibility index (Phi) is 4.99. The van der Waals surface area contributed by atoms with Crippen LogP contribution in [0, 0.1) is 16.0 Å². The van der Waals surface area contributed by atoms with Gasteiger partial charge in [0.2, 0.25) is 0 Å². The van der Waals surface area contributed by atoms with E-state index in [4.69, 9.17) is 9.47 Å². The van der Waals surface area contributed by atoms with Gasteiger partial charge in [-0.25, -0.2) is 0 Å². The minimum Gasteiger partial charge on any atom is -0.492 e. The van der Waals surface area contributed by atoms with Crippen LogP contribution < -0.4 is 9.47 Å². The lowest BCUT2D eigenvalue weighted by atomic mass is 9.96. The van der Waals surface area contributed by atoms with Crippen molar-refractivity contribution in [2.24, 2.45) is 5.92 Å². The Morgan fingerprint density at radius 2 is 1.85 bits per heavy atom. The number of hydrogen-bond acceptors (Lipinski definition) is 5. The smallest absolute Gasteiger partial charge is 0.310 e. The average Bonchev–Trinajstić information content (AvgIpc) is 3.46. The number of nitro groups is 1. The van der Waals surface area contributed by atoms with Gasteiger partial charge < -0.3 is 9.47 Å². The maximum absolute atomic E-state index is 11.3. The van der Waals surface area contributed by atoms with Crippen LogP contribution in [-0.4, -0.2) is 41.7 Å². The third-order valence-electron chi connectivity index (χ3n) is 5.46. The fourth-order valence-corrected chi connectivity index (χ4v) is 3.91. The maximum Gasteiger partial charge on any atom is 0.310 e. The summed E-state index contributed by atoms with van der Waals surface area (Å²) in [5.41, 5.74) is -0.276. The van der Waals surface area contributed by atoms with Gasteiger partial charge in [0.1, 0.15) is 18.0 Å². The summed E-state index contributed by atoms with van der Waals surface area (Å²) in [6, 6.07) is 16.5. The average molecular weight is 368 g/mol. The van der Waals surface area contributed by atoms with E-state index < -0.39 is 0 Å². The first-order valence-electron chi connectivity index (χ1n) is 9.49. The molecule has 142 valence electrons. The molecule has 1 heterocycles. The molecule has 2 fully saturated rings. The van der Waals surface area contributed by atoms with Gasteiger partial charge in [-0.3, -0.25) is 15.0 Å². The molecule has 1 saturated heterocycles. The van der Waals surface area contributed by atoms with E-state index >= 15 is 0 Å². The lowest BCUT2D eigenvalue weighted by Crippen LogP contribution is -2.42. The predicted octanol–water partition coefficient (Wildman–Crippen LogP) is 3.91. The summed E-state index contributed by atoms with van der Waals surface area (Å²) in [5, 5.41) is 11.3. The standard InChI is InChI=1S/C21H24N2O4/c24-23(25)19-8-4-5-9-20(19)27-21(17-10-11-17)12-13-22(16-21)14-15-26-18-6-2-1-3-7-18/h1-9,17H,10-16H2. The molecule has 1 saturated carbocycles. The highest BCUT2D eigenvalue weighted by Crippen LogP contribution is 2.48. The van der Waals surface area contributed by atoms with Gasteiger partial charge >= 0.3 is 5.69 Å². The number of benzene rings is 2. The molecular weight excluding hydrogens is 344 g/mol. The molecule has 0 amide bonds. The van der Waals surface area contributed by atoms with E-state index in [2.05, 4.69) is 4.90 Å². The Balaban J connectivity index is 1.40. The molecule has 0 N–H and O–H groups in total. The molecule has 0 bridgehead atoms. The van der Waals surface area contributed by atoms with Crippen LogP contribution >= 0.6 is 0 Å². The molecular formula is C21H24N2O4. The number of rotatable bonds is 8. The summed E-state index contributed by atoms with van der Waals surface area (Å²) in [5.74, 6) is 1.75. The molecule has 2 aromatic carbocycles. The molecule has 6 nitrogen and oxygen atoms in total. The highest BCUT2D eigenvalue weighted by molar-refractivity contribution is 5.46. The Morgan fingerprint density at radius 3 is 2.59 bits per heavy atom. The molecule has 1 aliphatic carbocycles. The number of nitro benzene ring substituents is 1. The third kappa shape index (κ3) is 4.06. The Hall–Kier alpha value is -2.60. The molecule has 1 aliphatic heterocycles. The van der Waals surface area contributed by atoms with E-state index in [0.717, 1.165) is 44.6 Å². The topological polar surface area (TPSA) is 64.8 Å². The van der Waals surface area contributed by atoms with E-state index in [-0.39, 0.29) is 16.2 Å². The van der Waals surface area contributed by atoms with Crippen molar-refractivity contribution >= 4 is 5.69 Å². The Labute approximate surface area is 158 Å². The van der Waals surface area contributed by atoms with E-state index in [1.165, 1.54) is 6.07 Å². The highest BCUT2D eigenvalue weighted by atomic mass is 16.6. The maximum atomic E-state index is 11.3. The zero-order chi connectivity index (χ0) is 18.7. The van der Waals surface area contributed by atoms with Crippen molar-refractivity contribution < 1.29 is 14.4 Å². The van der Waals surface area contributed by atoms with Crippen LogP contribution in [0.25, 0.3) is 0 Å². The molecule has 27 heavy (non-hydrogen) atoms. The number of likely N-dealkylation sites (tertiary alicyclic amines) is 1. The molecule has 2 aromatic rings. The van der Waals surface area contributed by atoms with E-state index in [1.807, 2.05) is 30.3 Å². The van der Waals surface area contributed by atoms with Crippen LogP contribution in [0.1, 0.15) is 19.3 Å². The van der Waals surface area contributed by atoms with E-state index in [0.29, 0.717) is 18.3 Å². The van der Waals surface area contributed by atoms with Gasteiger partial charge in [-0.1, -0.05) is 30.3 Å². The van der Waals surface area contributed by atoms with Crippen molar-refractivity contribution in [3.05, 3.63) is 64.7 Å². The normalized spacial score (nSPS) is 22.5. The quantitative estimate of drug-likeness (QED) is 0.522. The van der Waals surface area contributed by atoms with Crippen LogP contribution in [0.5, 0.6) is 11.5 Å². The van der Waals surface area contributed by atoms with Gasteiger partial charge in [-0.05, 0) is 31.0 Å². The largest absolute Gasteiger partial charge is 0.492 e. The fraction of sp³-hybridized carbons (Fsp3) is 0.429. The van der Waals surface area contributed by atoms with Crippen molar-refractivity contribution in [2.45, 2.75) is 24.9 Å². The summed E-state index contributed by atoms with van der Waals surface area (Å²) in [6.07, 6.45) is 3.17. The fourth-order valence-electron chi connectivity index (χ4n) is 3.91. The first kappa shape index (κ1) is 17.8. The number of para-hydroxylation sites is 3. The second-order valence-corrected chi connectivity index (χ2v) is 7.35. The summed E-state index contributed by atoms with van der Waals surface area (Å²) < 4.78 is 12.2. The minimum absolute atomic E-state index is 0.0448. The summed E-state index contributed by atoms with van der Waals surface area (Å²) in [4.78, 5) is 13.3. The first-order chi connectivity index (χ1) is 13.2.